The van der Waals surface area contributed by atoms with Gasteiger partial charge >= 0.3 is 5.97 Å². The van der Waals surface area contributed by atoms with Crippen LogP contribution in [0.4, 0.5) is 0 Å². The number of hydrogen-bond acceptors (Lipinski definition) is 2. The average Bonchev–Trinajstić information content (AvgIpc) is 2.25. The van der Waals surface area contributed by atoms with Gasteiger partial charge < -0.3 is 5.11 Å². The molecule has 1 aliphatic rings. The van der Waals surface area contributed by atoms with Gasteiger partial charge in [-0.15, -0.1) is 0 Å². The van der Waals surface area contributed by atoms with Gasteiger partial charge in [0.05, 0.1) is 16.4 Å². The van der Waals surface area contributed by atoms with E-state index < -0.39 is 16.8 Å². The molecule has 4 heteroatoms. The van der Waals surface area contributed by atoms with Crippen molar-refractivity contribution in [3.05, 3.63) is 28.8 Å². The fourth-order valence-corrected chi connectivity index (χ4v) is 3.67. The van der Waals surface area contributed by atoms with Crippen LogP contribution in [0, 0.1) is 6.92 Å². The molecule has 1 aliphatic carbocycles. The third-order valence-corrected chi connectivity index (χ3v) is 5.22. The van der Waals surface area contributed by atoms with Gasteiger partial charge in [-0.3, -0.25) is 4.21 Å². The SMILES string of the molecule is CC[S@@](=O)c1c(C2CCC2)ccc(C(=O)O)c1C. The number of carboxylic acid groups (broad SMARTS) is 1. The van der Waals surface area contributed by atoms with Gasteiger partial charge in [0.2, 0.25) is 0 Å². The van der Waals surface area contributed by atoms with Gasteiger partial charge in [0.15, 0.2) is 0 Å². The molecule has 0 spiro atoms. The Morgan fingerprint density at radius 2 is 2.11 bits per heavy atom. The molecule has 0 saturated heterocycles. The van der Waals surface area contributed by atoms with Crippen molar-refractivity contribution >= 4 is 16.8 Å². The lowest BCUT2D eigenvalue weighted by Crippen LogP contribution is -2.15. The Labute approximate surface area is 110 Å². The molecule has 1 N–H and O–H groups in total. The molecule has 0 aromatic heterocycles. The third kappa shape index (κ3) is 2.21. The standard InChI is InChI=1S/C14H18O3S/c1-3-18(17)13-9(2)11(14(15)16)7-8-12(13)10-5-4-6-10/h7-8,10H,3-6H2,1-2H3,(H,15,16)/t18-/m1/s1. The highest BCUT2D eigenvalue weighted by atomic mass is 32.2. The molecule has 1 saturated carbocycles. The summed E-state index contributed by atoms with van der Waals surface area (Å²) in [4.78, 5) is 11.9. The van der Waals surface area contributed by atoms with Crippen LogP contribution in [-0.4, -0.2) is 21.0 Å². The van der Waals surface area contributed by atoms with Crippen molar-refractivity contribution in [2.24, 2.45) is 0 Å². The molecule has 0 aliphatic heterocycles. The Kier molecular flexibility index (Phi) is 3.85. The summed E-state index contributed by atoms with van der Waals surface area (Å²) in [6.45, 7) is 3.64. The minimum Gasteiger partial charge on any atom is -0.478 e. The first kappa shape index (κ1) is 13.3. The minimum atomic E-state index is -1.09. The first-order chi connectivity index (χ1) is 8.56. The number of benzene rings is 1. The second-order valence-corrected chi connectivity index (χ2v) is 6.40. The Bertz CT molecular complexity index is 504. The van der Waals surface area contributed by atoms with Crippen molar-refractivity contribution in [2.75, 3.05) is 5.75 Å². The van der Waals surface area contributed by atoms with Crippen molar-refractivity contribution in [1.82, 2.24) is 0 Å². The summed E-state index contributed by atoms with van der Waals surface area (Å²) in [6, 6.07) is 3.52. The minimum absolute atomic E-state index is 0.273. The maximum atomic E-state index is 12.2. The number of aromatic carboxylic acids is 1. The Morgan fingerprint density at radius 3 is 2.56 bits per heavy atom. The van der Waals surface area contributed by atoms with E-state index in [1.807, 2.05) is 13.0 Å². The quantitative estimate of drug-likeness (QED) is 0.911. The molecular formula is C14H18O3S. The van der Waals surface area contributed by atoms with Crippen molar-refractivity contribution < 1.29 is 14.1 Å². The first-order valence-corrected chi connectivity index (χ1v) is 7.63. The number of carboxylic acids is 1. The van der Waals surface area contributed by atoms with Crippen LogP contribution in [0.5, 0.6) is 0 Å². The van der Waals surface area contributed by atoms with E-state index in [0.29, 0.717) is 17.2 Å². The molecule has 98 valence electrons. The normalized spacial score (nSPS) is 17.2. The lowest BCUT2D eigenvalue weighted by molar-refractivity contribution is 0.0695. The predicted molar refractivity (Wildman–Crippen MR) is 71.7 cm³/mol. The van der Waals surface area contributed by atoms with Gasteiger partial charge in [0, 0.05) is 10.6 Å². The van der Waals surface area contributed by atoms with Crippen LogP contribution in [0.15, 0.2) is 17.0 Å². The summed E-state index contributed by atoms with van der Waals surface area (Å²) >= 11 is 0. The molecule has 0 heterocycles. The molecule has 1 atom stereocenters. The van der Waals surface area contributed by atoms with E-state index in [4.69, 9.17) is 5.11 Å². The molecule has 0 bridgehead atoms. The summed E-state index contributed by atoms with van der Waals surface area (Å²) < 4.78 is 12.2. The van der Waals surface area contributed by atoms with Crippen LogP contribution in [0.3, 0.4) is 0 Å². The highest BCUT2D eigenvalue weighted by Crippen LogP contribution is 2.40. The topological polar surface area (TPSA) is 54.4 Å². The van der Waals surface area contributed by atoms with E-state index in [2.05, 4.69) is 0 Å². The maximum absolute atomic E-state index is 12.2. The van der Waals surface area contributed by atoms with Crippen LogP contribution in [0.25, 0.3) is 0 Å². The second kappa shape index (κ2) is 5.22. The summed E-state index contributed by atoms with van der Waals surface area (Å²) in [6.07, 6.45) is 3.46. The number of carbonyl (C=O) groups is 1. The number of hydrogen-bond donors (Lipinski definition) is 1. The zero-order valence-corrected chi connectivity index (χ0v) is 11.5. The van der Waals surface area contributed by atoms with Gasteiger partial charge in [-0.05, 0) is 42.9 Å². The Balaban J connectivity index is 2.57. The monoisotopic (exact) mass is 266 g/mol. The predicted octanol–water partition coefficient (Wildman–Crippen LogP) is 3.09. The number of rotatable bonds is 4. The summed E-state index contributed by atoms with van der Waals surface area (Å²) in [7, 11) is -1.09. The van der Waals surface area contributed by atoms with E-state index in [1.54, 1.807) is 13.0 Å². The van der Waals surface area contributed by atoms with Crippen LogP contribution in [0.1, 0.15) is 53.6 Å². The van der Waals surface area contributed by atoms with E-state index in [-0.39, 0.29) is 5.56 Å². The fraction of sp³-hybridized carbons (Fsp3) is 0.500. The van der Waals surface area contributed by atoms with Gasteiger partial charge in [-0.25, -0.2) is 4.79 Å². The van der Waals surface area contributed by atoms with Crippen molar-refractivity contribution in [1.29, 1.82) is 0 Å². The Morgan fingerprint density at radius 1 is 1.44 bits per heavy atom. The third-order valence-electron chi connectivity index (χ3n) is 3.70. The molecular weight excluding hydrogens is 248 g/mol. The van der Waals surface area contributed by atoms with Crippen molar-refractivity contribution in [3.63, 3.8) is 0 Å². The lowest BCUT2D eigenvalue weighted by atomic mass is 9.79. The van der Waals surface area contributed by atoms with Gasteiger partial charge in [-0.1, -0.05) is 19.4 Å². The van der Waals surface area contributed by atoms with Crippen molar-refractivity contribution in [3.8, 4) is 0 Å². The molecule has 3 nitrogen and oxygen atoms in total. The summed E-state index contributed by atoms with van der Waals surface area (Å²) in [5.41, 5.74) is 2.05. The molecule has 1 fully saturated rings. The molecule has 0 amide bonds. The van der Waals surface area contributed by atoms with E-state index in [0.717, 1.165) is 23.3 Å². The van der Waals surface area contributed by atoms with E-state index in [1.165, 1.54) is 6.42 Å². The summed E-state index contributed by atoms with van der Waals surface area (Å²) in [5.74, 6) is 0.0583. The van der Waals surface area contributed by atoms with E-state index in [9.17, 15) is 9.00 Å². The Hall–Kier alpha value is -1.16. The average molecular weight is 266 g/mol. The highest BCUT2D eigenvalue weighted by Gasteiger charge is 2.26. The maximum Gasteiger partial charge on any atom is 0.335 e. The molecule has 18 heavy (non-hydrogen) atoms. The van der Waals surface area contributed by atoms with Crippen LogP contribution in [0.2, 0.25) is 0 Å². The van der Waals surface area contributed by atoms with Gasteiger partial charge in [0.1, 0.15) is 0 Å². The summed E-state index contributed by atoms with van der Waals surface area (Å²) in [5, 5.41) is 9.15. The molecule has 1 aromatic rings. The van der Waals surface area contributed by atoms with Crippen molar-refractivity contribution in [2.45, 2.75) is 43.9 Å². The van der Waals surface area contributed by atoms with Crippen LogP contribution < -0.4 is 0 Å². The fourth-order valence-electron chi connectivity index (χ4n) is 2.43. The molecule has 0 unspecified atom stereocenters. The second-order valence-electron chi connectivity index (χ2n) is 4.72. The van der Waals surface area contributed by atoms with Crippen LogP contribution >= 0.6 is 0 Å². The molecule has 2 rings (SSSR count). The van der Waals surface area contributed by atoms with E-state index >= 15 is 0 Å². The highest BCUT2D eigenvalue weighted by molar-refractivity contribution is 7.85. The smallest absolute Gasteiger partial charge is 0.335 e. The largest absolute Gasteiger partial charge is 0.478 e. The zero-order valence-electron chi connectivity index (χ0n) is 10.7. The van der Waals surface area contributed by atoms with Gasteiger partial charge in [0.25, 0.3) is 0 Å². The molecule has 0 radical (unpaired) electrons. The lowest BCUT2D eigenvalue weighted by Gasteiger charge is -2.28. The first-order valence-electron chi connectivity index (χ1n) is 6.31. The van der Waals surface area contributed by atoms with Crippen LogP contribution in [-0.2, 0) is 10.8 Å². The van der Waals surface area contributed by atoms with Gasteiger partial charge in [-0.2, -0.15) is 0 Å². The zero-order chi connectivity index (χ0) is 13.3. The molecule has 1 aromatic carbocycles.